The predicted molar refractivity (Wildman–Crippen MR) is 92.9 cm³/mol. The lowest BCUT2D eigenvalue weighted by Crippen LogP contribution is -2.45. The van der Waals surface area contributed by atoms with Gasteiger partial charge < -0.3 is 9.64 Å². The van der Waals surface area contributed by atoms with Crippen molar-refractivity contribution in [2.75, 3.05) is 44.8 Å². The van der Waals surface area contributed by atoms with Crippen LogP contribution in [0.3, 0.4) is 0 Å². The van der Waals surface area contributed by atoms with Gasteiger partial charge in [-0.15, -0.1) is 0 Å². The summed E-state index contributed by atoms with van der Waals surface area (Å²) < 4.78 is 5.30. The van der Waals surface area contributed by atoms with E-state index in [1.165, 1.54) is 30.8 Å². The Morgan fingerprint density at radius 2 is 2.13 bits per heavy atom. The van der Waals surface area contributed by atoms with Gasteiger partial charge in [0.15, 0.2) is 0 Å². The SMILES string of the molecule is CCCc1cnc(C)nc1N1C[C@@H]2CC[C@H](C1)N(CCOC)C2. The second-order valence-electron chi connectivity index (χ2n) is 7.01. The first-order chi connectivity index (χ1) is 11.2. The molecule has 2 bridgehead atoms. The van der Waals surface area contributed by atoms with Crippen molar-refractivity contribution in [1.29, 1.82) is 0 Å². The van der Waals surface area contributed by atoms with E-state index in [2.05, 4.69) is 21.7 Å². The number of anilines is 1. The number of nitrogens with zero attached hydrogens (tertiary/aromatic N) is 4. The third-order valence-electron chi connectivity index (χ3n) is 5.19. The van der Waals surface area contributed by atoms with E-state index in [4.69, 9.17) is 9.72 Å². The number of aromatic nitrogens is 2. The highest BCUT2D eigenvalue weighted by Gasteiger charge is 2.35. The van der Waals surface area contributed by atoms with Crippen LogP contribution >= 0.6 is 0 Å². The summed E-state index contributed by atoms with van der Waals surface area (Å²) >= 11 is 0. The van der Waals surface area contributed by atoms with Crippen molar-refractivity contribution in [1.82, 2.24) is 14.9 Å². The Hall–Kier alpha value is -1.20. The number of hydrogen-bond acceptors (Lipinski definition) is 5. The summed E-state index contributed by atoms with van der Waals surface area (Å²) in [5, 5.41) is 0. The van der Waals surface area contributed by atoms with Gasteiger partial charge in [0.1, 0.15) is 11.6 Å². The van der Waals surface area contributed by atoms with Crippen LogP contribution < -0.4 is 4.90 Å². The monoisotopic (exact) mass is 318 g/mol. The van der Waals surface area contributed by atoms with Crippen LogP contribution in [0.25, 0.3) is 0 Å². The maximum Gasteiger partial charge on any atom is 0.135 e. The van der Waals surface area contributed by atoms with Gasteiger partial charge in [-0.1, -0.05) is 13.3 Å². The summed E-state index contributed by atoms with van der Waals surface area (Å²) in [6.07, 6.45) is 6.89. The maximum absolute atomic E-state index is 5.30. The molecule has 3 saturated heterocycles. The zero-order valence-corrected chi connectivity index (χ0v) is 14.8. The zero-order chi connectivity index (χ0) is 16.2. The molecule has 3 fully saturated rings. The lowest BCUT2D eigenvalue weighted by molar-refractivity contribution is 0.0889. The lowest BCUT2D eigenvalue weighted by Gasteiger charge is -2.35. The van der Waals surface area contributed by atoms with Crippen molar-refractivity contribution in [3.05, 3.63) is 17.6 Å². The van der Waals surface area contributed by atoms with Crippen LogP contribution in [-0.4, -0.2) is 60.8 Å². The van der Waals surface area contributed by atoms with E-state index in [9.17, 15) is 0 Å². The van der Waals surface area contributed by atoms with E-state index in [0.29, 0.717) is 6.04 Å². The molecule has 0 saturated carbocycles. The molecule has 23 heavy (non-hydrogen) atoms. The van der Waals surface area contributed by atoms with Crippen LogP contribution in [0.4, 0.5) is 5.82 Å². The van der Waals surface area contributed by atoms with Crippen molar-refractivity contribution in [3.63, 3.8) is 0 Å². The number of piperidine rings is 1. The largest absolute Gasteiger partial charge is 0.383 e. The molecule has 3 aliphatic heterocycles. The first-order valence-electron chi connectivity index (χ1n) is 9.01. The van der Waals surface area contributed by atoms with Crippen molar-refractivity contribution in [3.8, 4) is 0 Å². The van der Waals surface area contributed by atoms with Gasteiger partial charge in [0.25, 0.3) is 0 Å². The number of fused-ring (bicyclic) bond motifs is 4. The molecule has 4 rings (SSSR count). The summed E-state index contributed by atoms with van der Waals surface area (Å²) in [6.45, 7) is 9.53. The van der Waals surface area contributed by atoms with Crippen LogP contribution in [0.15, 0.2) is 6.20 Å². The van der Waals surface area contributed by atoms with Crippen LogP contribution in [0.2, 0.25) is 0 Å². The molecule has 2 atom stereocenters. The highest BCUT2D eigenvalue weighted by molar-refractivity contribution is 5.47. The Labute approximate surface area is 140 Å². The average Bonchev–Trinajstić information content (AvgIpc) is 2.86. The Morgan fingerprint density at radius 1 is 1.26 bits per heavy atom. The van der Waals surface area contributed by atoms with E-state index in [1.807, 2.05) is 13.1 Å². The first kappa shape index (κ1) is 16.7. The Bertz CT molecular complexity index is 522. The minimum Gasteiger partial charge on any atom is -0.383 e. The van der Waals surface area contributed by atoms with Gasteiger partial charge in [-0.05, 0) is 32.1 Å². The van der Waals surface area contributed by atoms with Crippen LogP contribution in [0, 0.1) is 12.8 Å². The van der Waals surface area contributed by atoms with E-state index in [1.54, 1.807) is 7.11 Å². The molecule has 0 unspecified atom stereocenters. The summed E-state index contributed by atoms with van der Waals surface area (Å²) in [7, 11) is 1.79. The molecule has 0 amide bonds. The van der Waals surface area contributed by atoms with Crippen molar-refractivity contribution >= 4 is 5.82 Å². The second-order valence-corrected chi connectivity index (χ2v) is 7.01. The van der Waals surface area contributed by atoms with Crippen molar-refractivity contribution in [2.24, 2.45) is 5.92 Å². The van der Waals surface area contributed by atoms with E-state index >= 15 is 0 Å². The summed E-state index contributed by atoms with van der Waals surface area (Å²) in [4.78, 5) is 14.4. The standard InChI is InChI=1S/C18H30N4O/c1-4-5-16-10-19-14(2)20-18(16)22-12-15-6-7-17(13-22)21(11-15)8-9-23-3/h10,15,17H,4-9,11-13H2,1-3H3/t15-,17-/m1/s1. The molecule has 0 aromatic carbocycles. The fraction of sp³-hybridized carbons (Fsp3) is 0.778. The lowest BCUT2D eigenvalue weighted by atomic mass is 9.95. The quantitative estimate of drug-likeness (QED) is 0.805. The fourth-order valence-corrected chi connectivity index (χ4v) is 4.04. The number of aryl methyl sites for hydroxylation is 2. The molecule has 5 nitrogen and oxygen atoms in total. The second kappa shape index (κ2) is 7.58. The highest BCUT2D eigenvalue weighted by atomic mass is 16.5. The topological polar surface area (TPSA) is 41.5 Å². The molecular weight excluding hydrogens is 288 g/mol. The molecule has 0 radical (unpaired) electrons. The zero-order valence-electron chi connectivity index (χ0n) is 14.8. The van der Waals surface area contributed by atoms with Gasteiger partial charge in [0.05, 0.1) is 6.61 Å². The normalized spacial score (nSPS) is 24.9. The Balaban J connectivity index is 1.81. The van der Waals surface area contributed by atoms with Crippen LogP contribution in [0.1, 0.15) is 37.6 Å². The molecule has 4 heterocycles. The van der Waals surface area contributed by atoms with Gasteiger partial charge >= 0.3 is 0 Å². The van der Waals surface area contributed by atoms with E-state index in [0.717, 1.165) is 50.8 Å². The molecule has 128 valence electrons. The smallest absolute Gasteiger partial charge is 0.135 e. The van der Waals surface area contributed by atoms with Gasteiger partial charge in [-0.2, -0.15) is 0 Å². The van der Waals surface area contributed by atoms with E-state index in [-0.39, 0.29) is 0 Å². The minimum atomic E-state index is 0.633. The van der Waals surface area contributed by atoms with Gasteiger partial charge in [0, 0.05) is 51.1 Å². The summed E-state index contributed by atoms with van der Waals surface area (Å²) in [5.41, 5.74) is 1.31. The van der Waals surface area contributed by atoms with Crippen molar-refractivity contribution < 1.29 is 4.74 Å². The minimum absolute atomic E-state index is 0.633. The summed E-state index contributed by atoms with van der Waals surface area (Å²) in [5.74, 6) is 2.81. The Kier molecular flexibility index (Phi) is 5.49. The van der Waals surface area contributed by atoms with Crippen LogP contribution in [0.5, 0.6) is 0 Å². The maximum atomic E-state index is 5.30. The van der Waals surface area contributed by atoms with Gasteiger partial charge in [-0.25, -0.2) is 9.97 Å². The first-order valence-corrected chi connectivity index (χ1v) is 9.01. The van der Waals surface area contributed by atoms with Crippen LogP contribution in [-0.2, 0) is 11.2 Å². The van der Waals surface area contributed by atoms with Crippen molar-refractivity contribution in [2.45, 2.75) is 45.6 Å². The highest BCUT2D eigenvalue weighted by Crippen LogP contribution is 2.31. The number of methoxy groups -OCH3 is 1. The molecule has 0 N–H and O–H groups in total. The molecule has 1 aromatic heterocycles. The number of ether oxygens (including phenoxy) is 1. The fourth-order valence-electron chi connectivity index (χ4n) is 4.04. The number of hydrogen-bond donors (Lipinski definition) is 0. The molecule has 1 aromatic rings. The third kappa shape index (κ3) is 3.83. The third-order valence-corrected chi connectivity index (χ3v) is 5.19. The molecule has 3 aliphatic rings. The molecule has 0 spiro atoms. The number of rotatable bonds is 6. The van der Waals surface area contributed by atoms with E-state index < -0.39 is 0 Å². The molecular formula is C18H30N4O. The summed E-state index contributed by atoms with van der Waals surface area (Å²) in [6, 6.07) is 0.633. The van der Waals surface area contributed by atoms with Gasteiger partial charge in [-0.3, -0.25) is 4.90 Å². The predicted octanol–water partition coefficient (Wildman–Crippen LogP) is 2.28. The van der Waals surface area contributed by atoms with Gasteiger partial charge in [0.2, 0.25) is 0 Å². The molecule has 0 aliphatic carbocycles. The average molecular weight is 318 g/mol. The molecule has 5 heteroatoms. The Morgan fingerprint density at radius 3 is 2.91 bits per heavy atom.